The zero-order valence-electron chi connectivity index (χ0n) is 13.1. The summed E-state index contributed by atoms with van der Waals surface area (Å²) in [6.07, 6.45) is 8.94. The molecule has 3 heteroatoms. The predicted octanol–water partition coefficient (Wildman–Crippen LogP) is 3.26. The third-order valence-electron chi connectivity index (χ3n) is 5.08. The van der Waals surface area contributed by atoms with E-state index >= 15 is 0 Å². The van der Waals surface area contributed by atoms with Crippen LogP contribution in [0.15, 0.2) is 29.3 Å². The minimum Gasteiger partial charge on any atom is -0.370 e. The number of hydrogen-bond acceptors (Lipinski definition) is 1. The molecular formula is C18H27N3. The van der Waals surface area contributed by atoms with Crippen molar-refractivity contribution >= 4 is 5.96 Å². The Kier molecular flexibility index (Phi) is 4.18. The summed E-state index contributed by atoms with van der Waals surface area (Å²) in [6.45, 7) is 3.02. The lowest BCUT2D eigenvalue weighted by Crippen LogP contribution is -2.41. The summed E-state index contributed by atoms with van der Waals surface area (Å²) in [6, 6.07) is 9.23. The number of nitrogens with two attached hydrogens (primary N) is 1. The van der Waals surface area contributed by atoms with E-state index in [2.05, 4.69) is 41.5 Å². The molecule has 0 aromatic heterocycles. The van der Waals surface area contributed by atoms with Crippen LogP contribution in [0, 0.1) is 6.92 Å². The Morgan fingerprint density at radius 2 is 1.95 bits per heavy atom. The highest BCUT2D eigenvalue weighted by molar-refractivity contribution is 5.78. The van der Waals surface area contributed by atoms with Crippen molar-refractivity contribution in [3.63, 3.8) is 0 Å². The summed E-state index contributed by atoms with van der Waals surface area (Å²) in [4.78, 5) is 4.65. The highest BCUT2D eigenvalue weighted by atomic mass is 15.1. The average molecular weight is 285 g/mol. The van der Waals surface area contributed by atoms with Gasteiger partial charge in [-0.25, -0.2) is 0 Å². The van der Waals surface area contributed by atoms with Crippen LogP contribution in [0.25, 0.3) is 0 Å². The van der Waals surface area contributed by atoms with E-state index in [1.807, 2.05) is 0 Å². The van der Waals surface area contributed by atoms with Crippen molar-refractivity contribution in [3.8, 4) is 0 Å². The number of nitrogens with one attached hydrogen (secondary N) is 1. The maximum absolute atomic E-state index is 6.09. The van der Waals surface area contributed by atoms with Crippen molar-refractivity contribution in [1.29, 1.82) is 0 Å². The highest BCUT2D eigenvalue weighted by Crippen LogP contribution is 2.49. The Bertz CT molecular complexity index is 511. The largest absolute Gasteiger partial charge is 0.370 e. The molecule has 0 radical (unpaired) electrons. The van der Waals surface area contributed by atoms with Crippen LogP contribution in [-0.4, -0.2) is 18.5 Å². The maximum atomic E-state index is 6.09. The van der Waals surface area contributed by atoms with Gasteiger partial charge in [-0.05, 0) is 43.7 Å². The van der Waals surface area contributed by atoms with Crippen LogP contribution < -0.4 is 11.1 Å². The second kappa shape index (κ2) is 6.08. The van der Waals surface area contributed by atoms with Crippen LogP contribution >= 0.6 is 0 Å². The van der Waals surface area contributed by atoms with Crippen molar-refractivity contribution in [2.24, 2.45) is 10.7 Å². The molecular weight excluding hydrogens is 258 g/mol. The molecule has 2 fully saturated rings. The molecule has 3 nitrogen and oxygen atoms in total. The molecule has 0 aliphatic heterocycles. The molecule has 2 aliphatic carbocycles. The molecule has 21 heavy (non-hydrogen) atoms. The Labute approximate surface area is 128 Å². The van der Waals surface area contributed by atoms with Gasteiger partial charge in [0.05, 0.1) is 6.54 Å². The van der Waals surface area contributed by atoms with E-state index in [9.17, 15) is 0 Å². The van der Waals surface area contributed by atoms with E-state index in [0.29, 0.717) is 12.0 Å². The molecule has 1 aromatic carbocycles. The van der Waals surface area contributed by atoms with Crippen LogP contribution in [0.3, 0.4) is 0 Å². The molecule has 3 rings (SSSR count). The number of nitrogens with zero attached hydrogens (tertiary/aromatic N) is 1. The van der Waals surface area contributed by atoms with Crippen LogP contribution in [0.4, 0.5) is 0 Å². The lowest BCUT2D eigenvalue weighted by atomic mass is 9.92. The number of aliphatic imine (C=N–C) groups is 1. The van der Waals surface area contributed by atoms with E-state index < -0.39 is 0 Å². The second-order valence-corrected chi connectivity index (χ2v) is 6.78. The lowest BCUT2D eigenvalue weighted by Gasteiger charge is -2.23. The van der Waals surface area contributed by atoms with Crippen LogP contribution in [0.5, 0.6) is 0 Å². The minimum absolute atomic E-state index is 0.254. The fourth-order valence-corrected chi connectivity index (χ4v) is 3.57. The van der Waals surface area contributed by atoms with E-state index in [0.717, 1.165) is 6.54 Å². The summed E-state index contributed by atoms with van der Waals surface area (Å²) < 4.78 is 0. The number of guanidine groups is 1. The Balaban J connectivity index is 1.61. The van der Waals surface area contributed by atoms with Crippen molar-refractivity contribution in [3.05, 3.63) is 35.4 Å². The maximum Gasteiger partial charge on any atom is 0.188 e. The summed E-state index contributed by atoms with van der Waals surface area (Å²) in [5.74, 6) is 0.641. The summed E-state index contributed by atoms with van der Waals surface area (Å²) >= 11 is 0. The smallest absolute Gasteiger partial charge is 0.188 e. The van der Waals surface area contributed by atoms with E-state index in [1.54, 1.807) is 0 Å². The summed E-state index contributed by atoms with van der Waals surface area (Å²) in [5, 5.41) is 3.41. The van der Waals surface area contributed by atoms with Gasteiger partial charge in [0.15, 0.2) is 5.96 Å². The first kappa shape index (κ1) is 14.4. The molecule has 0 heterocycles. The van der Waals surface area contributed by atoms with E-state index in [-0.39, 0.29) is 5.41 Å². The molecule has 0 bridgehead atoms. The number of rotatable bonds is 4. The normalized spacial score (nSPS) is 22.0. The Morgan fingerprint density at radius 1 is 1.24 bits per heavy atom. The molecule has 0 spiro atoms. The fraction of sp³-hybridized carbons (Fsp3) is 0.611. The van der Waals surface area contributed by atoms with Gasteiger partial charge in [0.2, 0.25) is 0 Å². The number of benzene rings is 1. The average Bonchev–Trinajstić information content (AvgIpc) is 3.28. The van der Waals surface area contributed by atoms with Gasteiger partial charge in [0.1, 0.15) is 0 Å². The van der Waals surface area contributed by atoms with Crippen LogP contribution in [0.2, 0.25) is 0 Å². The second-order valence-electron chi connectivity index (χ2n) is 6.78. The summed E-state index contributed by atoms with van der Waals surface area (Å²) in [5.41, 5.74) is 9.19. The molecule has 2 aliphatic rings. The van der Waals surface area contributed by atoms with Crippen molar-refractivity contribution in [2.45, 2.75) is 63.3 Å². The SMILES string of the molecule is Cc1ccccc1C1(CN=C(N)NC2CCCCC2)CC1. The first-order valence-electron chi connectivity index (χ1n) is 8.32. The third kappa shape index (κ3) is 3.39. The first-order chi connectivity index (χ1) is 10.2. The van der Waals surface area contributed by atoms with Crippen molar-refractivity contribution in [2.75, 3.05) is 6.54 Å². The highest BCUT2D eigenvalue weighted by Gasteiger charge is 2.44. The molecule has 0 atom stereocenters. The summed E-state index contributed by atoms with van der Waals surface area (Å²) in [7, 11) is 0. The van der Waals surface area contributed by atoms with Gasteiger partial charge in [-0.3, -0.25) is 4.99 Å². The molecule has 3 N–H and O–H groups in total. The van der Waals surface area contributed by atoms with E-state index in [4.69, 9.17) is 5.73 Å². The topological polar surface area (TPSA) is 50.4 Å². The zero-order valence-corrected chi connectivity index (χ0v) is 13.1. The van der Waals surface area contributed by atoms with Gasteiger partial charge in [-0.2, -0.15) is 0 Å². The van der Waals surface area contributed by atoms with Gasteiger partial charge in [-0.15, -0.1) is 0 Å². The van der Waals surface area contributed by atoms with Gasteiger partial charge in [0, 0.05) is 11.5 Å². The lowest BCUT2D eigenvalue weighted by molar-refractivity contribution is 0.412. The van der Waals surface area contributed by atoms with Gasteiger partial charge in [0.25, 0.3) is 0 Å². The quantitative estimate of drug-likeness (QED) is 0.659. The van der Waals surface area contributed by atoms with Gasteiger partial charge in [-0.1, -0.05) is 43.5 Å². The Morgan fingerprint density at radius 3 is 2.62 bits per heavy atom. The monoisotopic (exact) mass is 285 g/mol. The standard InChI is InChI=1S/C18H27N3/c1-14-7-5-6-10-16(14)18(11-12-18)13-20-17(19)21-15-8-3-2-4-9-15/h5-7,10,15H,2-4,8-9,11-13H2,1H3,(H3,19,20,21). The van der Waals surface area contributed by atoms with Crippen molar-refractivity contribution < 1.29 is 0 Å². The van der Waals surface area contributed by atoms with Gasteiger partial charge >= 0.3 is 0 Å². The minimum atomic E-state index is 0.254. The molecule has 114 valence electrons. The van der Waals surface area contributed by atoms with Gasteiger partial charge < -0.3 is 11.1 Å². The van der Waals surface area contributed by atoms with E-state index in [1.165, 1.54) is 56.1 Å². The molecule has 2 saturated carbocycles. The number of hydrogen-bond donors (Lipinski definition) is 2. The van der Waals surface area contributed by atoms with Crippen LogP contribution in [0.1, 0.15) is 56.1 Å². The van der Waals surface area contributed by atoms with Crippen molar-refractivity contribution in [1.82, 2.24) is 5.32 Å². The molecule has 1 aromatic rings. The molecule has 0 unspecified atom stereocenters. The Hall–Kier alpha value is -1.51. The van der Waals surface area contributed by atoms with Crippen LogP contribution in [-0.2, 0) is 5.41 Å². The fourth-order valence-electron chi connectivity index (χ4n) is 3.57. The molecule has 0 saturated heterocycles. The first-order valence-corrected chi connectivity index (χ1v) is 8.32. The molecule has 0 amide bonds. The third-order valence-corrected chi connectivity index (χ3v) is 5.08. The zero-order chi connectivity index (χ0) is 14.7. The number of aryl methyl sites for hydroxylation is 1. The predicted molar refractivity (Wildman–Crippen MR) is 88.6 cm³/mol.